The molecule has 1 aliphatic heterocycles. The van der Waals surface area contributed by atoms with E-state index < -0.39 is 0 Å². The summed E-state index contributed by atoms with van der Waals surface area (Å²) in [6, 6.07) is 12.4. The van der Waals surface area contributed by atoms with E-state index in [1.54, 1.807) is 0 Å². The molecule has 1 saturated carbocycles. The quantitative estimate of drug-likeness (QED) is 0.276. The molecule has 2 fully saturated rings. The second kappa shape index (κ2) is 13.0. The van der Waals surface area contributed by atoms with E-state index >= 15 is 0 Å². The number of ether oxygens (including phenoxy) is 1. The highest BCUT2D eigenvalue weighted by Crippen LogP contribution is 2.30. The van der Waals surface area contributed by atoms with Crippen LogP contribution in [-0.2, 0) is 13.1 Å². The summed E-state index contributed by atoms with van der Waals surface area (Å²) in [5, 5.41) is 6.86. The first kappa shape index (κ1) is 25.6. The molecule has 2 aromatic rings. The third-order valence-corrected chi connectivity index (χ3v) is 6.01. The van der Waals surface area contributed by atoms with Gasteiger partial charge >= 0.3 is 0 Å². The number of rotatable bonds is 9. The Hall–Kier alpha value is -2.07. The number of pyridine rings is 1. The zero-order valence-corrected chi connectivity index (χ0v) is 22.1. The normalized spacial score (nSPS) is 16.8. The SMILES string of the molecule is CCNC(=NCc1ccccc1OCC1CC1)NCc1cccnc1N1CCN(C)CC1.I. The van der Waals surface area contributed by atoms with Gasteiger partial charge in [0.1, 0.15) is 11.6 Å². The van der Waals surface area contributed by atoms with Crippen LogP contribution >= 0.6 is 24.0 Å². The van der Waals surface area contributed by atoms with E-state index in [0.29, 0.717) is 13.1 Å². The first-order chi connectivity index (χ1) is 15.7. The van der Waals surface area contributed by atoms with E-state index in [4.69, 9.17) is 9.73 Å². The molecular weight excluding hydrogens is 527 g/mol. The van der Waals surface area contributed by atoms with Crippen molar-refractivity contribution in [2.75, 3.05) is 51.3 Å². The maximum Gasteiger partial charge on any atom is 0.191 e. The maximum absolute atomic E-state index is 6.05. The van der Waals surface area contributed by atoms with E-state index in [-0.39, 0.29) is 24.0 Å². The molecule has 0 unspecified atom stereocenters. The van der Waals surface area contributed by atoms with Crippen LogP contribution < -0.4 is 20.3 Å². The number of halogens is 1. The average molecular weight is 565 g/mol. The second-order valence-electron chi connectivity index (χ2n) is 8.69. The number of piperazine rings is 1. The third-order valence-electron chi connectivity index (χ3n) is 6.01. The zero-order chi connectivity index (χ0) is 22.2. The van der Waals surface area contributed by atoms with Crippen LogP contribution in [0.1, 0.15) is 30.9 Å². The fraction of sp³-hybridized carbons (Fsp3) is 0.520. The summed E-state index contributed by atoms with van der Waals surface area (Å²) in [7, 11) is 2.17. The van der Waals surface area contributed by atoms with E-state index in [2.05, 4.69) is 51.5 Å². The molecule has 1 aliphatic carbocycles. The minimum Gasteiger partial charge on any atom is -0.493 e. The molecule has 1 aromatic carbocycles. The molecule has 0 amide bonds. The standard InChI is InChI=1S/C25H36N6O.HI/c1-3-26-25(28-17-21-7-4-5-9-23(21)32-19-20-10-11-20)29-18-22-8-6-12-27-24(22)31-15-13-30(2)14-16-31;/h4-9,12,20H,3,10-11,13-19H2,1-2H3,(H2,26,28,29);1H. The van der Waals surface area contributed by atoms with Gasteiger partial charge in [-0.25, -0.2) is 9.98 Å². The topological polar surface area (TPSA) is 65.0 Å². The van der Waals surface area contributed by atoms with Gasteiger partial charge in [0.05, 0.1) is 13.2 Å². The Kier molecular flexibility index (Phi) is 10.1. The lowest BCUT2D eigenvalue weighted by Crippen LogP contribution is -2.45. The van der Waals surface area contributed by atoms with E-state index in [9.17, 15) is 0 Å². The number of aromatic nitrogens is 1. The summed E-state index contributed by atoms with van der Waals surface area (Å²) in [5.74, 6) is 3.56. The molecule has 33 heavy (non-hydrogen) atoms. The Morgan fingerprint density at radius 1 is 1.06 bits per heavy atom. The Morgan fingerprint density at radius 2 is 1.82 bits per heavy atom. The van der Waals surface area contributed by atoms with Gasteiger partial charge in [0.15, 0.2) is 5.96 Å². The molecule has 0 atom stereocenters. The van der Waals surface area contributed by atoms with Crippen LogP contribution in [0.4, 0.5) is 5.82 Å². The number of para-hydroxylation sites is 1. The van der Waals surface area contributed by atoms with Crippen molar-refractivity contribution in [2.24, 2.45) is 10.9 Å². The van der Waals surface area contributed by atoms with E-state index in [0.717, 1.165) is 68.3 Å². The fourth-order valence-corrected chi connectivity index (χ4v) is 3.82. The molecule has 4 rings (SSSR count). The smallest absolute Gasteiger partial charge is 0.191 e. The zero-order valence-electron chi connectivity index (χ0n) is 19.8. The molecule has 2 aliphatic rings. The predicted octanol–water partition coefficient (Wildman–Crippen LogP) is 3.50. The number of likely N-dealkylation sites (N-methyl/N-ethyl adjacent to an activating group) is 1. The van der Waals surface area contributed by atoms with E-state index in [1.165, 1.54) is 18.4 Å². The molecule has 180 valence electrons. The minimum atomic E-state index is 0. The van der Waals surface area contributed by atoms with Crippen molar-refractivity contribution in [3.8, 4) is 5.75 Å². The van der Waals surface area contributed by atoms with Gasteiger partial charge in [-0.15, -0.1) is 24.0 Å². The van der Waals surface area contributed by atoms with Crippen molar-refractivity contribution in [2.45, 2.75) is 32.9 Å². The summed E-state index contributed by atoms with van der Waals surface area (Å²) in [4.78, 5) is 14.3. The Morgan fingerprint density at radius 3 is 2.58 bits per heavy atom. The van der Waals surface area contributed by atoms with Crippen LogP contribution in [0.25, 0.3) is 0 Å². The van der Waals surface area contributed by atoms with Crippen molar-refractivity contribution < 1.29 is 4.74 Å². The molecule has 1 saturated heterocycles. The number of hydrogen-bond acceptors (Lipinski definition) is 5. The summed E-state index contributed by atoms with van der Waals surface area (Å²) in [5.41, 5.74) is 2.31. The van der Waals surface area contributed by atoms with Crippen molar-refractivity contribution in [3.63, 3.8) is 0 Å². The Labute approximate surface area is 215 Å². The Balaban J connectivity index is 0.00000306. The summed E-state index contributed by atoms with van der Waals surface area (Å²) < 4.78 is 6.05. The lowest BCUT2D eigenvalue weighted by Gasteiger charge is -2.34. The fourth-order valence-electron chi connectivity index (χ4n) is 3.82. The number of nitrogens with one attached hydrogen (secondary N) is 2. The summed E-state index contributed by atoms with van der Waals surface area (Å²) in [6.45, 7) is 9.11. The number of benzene rings is 1. The van der Waals surface area contributed by atoms with Gasteiger partial charge in [-0.2, -0.15) is 0 Å². The Bertz CT molecular complexity index is 896. The molecule has 7 nitrogen and oxygen atoms in total. The first-order valence-electron chi connectivity index (χ1n) is 11.8. The van der Waals surface area contributed by atoms with Gasteiger partial charge in [0.2, 0.25) is 0 Å². The molecule has 2 N–H and O–H groups in total. The van der Waals surface area contributed by atoms with Gasteiger partial charge in [-0.1, -0.05) is 24.3 Å². The van der Waals surface area contributed by atoms with E-state index in [1.807, 2.05) is 30.5 Å². The van der Waals surface area contributed by atoms with Crippen LogP contribution in [0.15, 0.2) is 47.6 Å². The van der Waals surface area contributed by atoms with Crippen LogP contribution in [-0.4, -0.2) is 62.2 Å². The number of aliphatic imine (C=N–C) groups is 1. The van der Waals surface area contributed by atoms with Crippen LogP contribution in [0.3, 0.4) is 0 Å². The maximum atomic E-state index is 6.05. The molecule has 0 spiro atoms. The average Bonchev–Trinajstić information content (AvgIpc) is 3.65. The third kappa shape index (κ3) is 7.74. The summed E-state index contributed by atoms with van der Waals surface area (Å²) >= 11 is 0. The largest absolute Gasteiger partial charge is 0.493 e. The number of hydrogen-bond donors (Lipinski definition) is 2. The monoisotopic (exact) mass is 564 g/mol. The number of anilines is 1. The van der Waals surface area contributed by atoms with Crippen molar-refractivity contribution in [1.82, 2.24) is 20.5 Å². The number of nitrogens with zero attached hydrogens (tertiary/aromatic N) is 4. The predicted molar refractivity (Wildman–Crippen MR) is 146 cm³/mol. The lowest BCUT2D eigenvalue weighted by atomic mass is 10.2. The molecule has 2 heterocycles. The molecule has 0 bridgehead atoms. The highest BCUT2D eigenvalue weighted by atomic mass is 127. The first-order valence-corrected chi connectivity index (χ1v) is 11.8. The van der Waals surface area contributed by atoms with Crippen LogP contribution in [0, 0.1) is 5.92 Å². The van der Waals surface area contributed by atoms with Crippen LogP contribution in [0.2, 0.25) is 0 Å². The van der Waals surface area contributed by atoms with Gasteiger partial charge in [0, 0.05) is 56.6 Å². The van der Waals surface area contributed by atoms with Gasteiger partial charge in [-0.3, -0.25) is 0 Å². The van der Waals surface area contributed by atoms with Gasteiger partial charge in [-0.05, 0) is 44.9 Å². The van der Waals surface area contributed by atoms with Crippen molar-refractivity contribution in [1.29, 1.82) is 0 Å². The minimum absolute atomic E-state index is 0. The van der Waals surface area contributed by atoms with Gasteiger partial charge in [0.25, 0.3) is 0 Å². The molecule has 8 heteroatoms. The second-order valence-corrected chi connectivity index (χ2v) is 8.69. The van der Waals surface area contributed by atoms with Gasteiger partial charge < -0.3 is 25.2 Å². The summed E-state index contributed by atoms with van der Waals surface area (Å²) in [6.07, 6.45) is 4.47. The lowest BCUT2D eigenvalue weighted by molar-refractivity contribution is 0.297. The molecule has 1 aromatic heterocycles. The van der Waals surface area contributed by atoms with Crippen molar-refractivity contribution in [3.05, 3.63) is 53.7 Å². The highest BCUT2D eigenvalue weighted by Gasteiger charge is 2.22. The molecular formula is C25H37IN6O. The highest BCUT2D eigenvalue weighted by molar-refractivity contribution is 14.0. The van der Waals surface area contributed by atoms with Crippen molar-refractivity contribution >= 4 is 35.8 Å². The number of guanidine groups is 1. The molecule has 0 radical (unpaired) electrons. The van der Waals surface area contributed by atoms with Crippen LogP contribution in [0.5, 0.6) is 5.75 Å².